The summed E-state index contributed by atoms with van der Waals surface area (Å²) in [7, 11) is 0. The van der Waals surface area contributed by atoms with Crippen LogP contribution in [0.1, 0.15) is 39.2 Å². The predicted octanol–water partition coefficient (Wildman–Crippen LogP) is 3.76. The van der Waals surface area contributed by atoms with Crippen LogP contribution in [-0.2, 0) is 20.8 Å². The first-order valence-electron chi connectivity index (χ1n) is 10.7. The van der Waals surface area contributed by atoms with E-state index >= 15 is 0 Å². The molecule has 0 radical (unpaired) electrons. The van der Waals surface area contributed by atoms with E-state index in [9.17, 15) is 24.7 Å². The van der Waals surface area contributed by atoms with E-state index in [1.54, 1.807) is 20.8 Å². The lowest BCUT2D eigenvalue weighted by atomic mass is 9.86. The highest BCUT2D eigenvalue weighted by molar-refractivity contribution is 5.85. The van der Waals surface area contributed by atoms with Crippen molar-refractivity contribution in [3.05, 3.63) is 60.2 Å². The lowest BCUT2D eigenvalue weighted by Gasteiger charge is -2.30. The van der Waals surface area contributed by atoms with E-state index in [0.717, 1.165) is 16.7 Å². The van der Waals surface area contributed by atoms with E-state index in [4.69, 9.17) is 0 Å². The first-order chi connectivity index (χ1) is 15.1. The highest BCUT2D eigenvalue weighted by atomic mass is 16.5. The number of nitrogens with one attached hydrogen (secondary N) is 1. The van der Waals surface area contributed by atoms with E-state index in [1.807, 2.05) is 42.5 Å². The normalized spacial score (nSPS) is 13.1. The lowest BCUT2D eigenvalue weighted by Crippen LogP contribution is -2.51. The first-order valence-corrected chi connectivity index (χ1v) is 10.7. The second-order valence-corrected chi connectivity index (χ2v) is 9.03. The van der Waals surface area contributed by atoms with Crippen LogP contribution in [0.5, 0.6) is 0 Å². The molecule has 7 nitrogen and oxygen atoms in total. The molecular weight excluding hydrogens is 408 g/mol. The number of aryl methyl sites for hydroxylation is 1. The molecule has 172 valence electrons. The number of amides is 2. The monoisotopic (exact) mass is 440 g/mol. The molecule has 2 aromatic rings. The molecule has 0 bridgehead atoms. The Bertz CT molecular complexity index is 891. The SMILES string of the molecule is CC(C)(C)[C@H](NC(=O)C(CCCc1ccc(-c2ccccc2)cc1)CN(O)C=O)C(=O)O. The van der Waals surface area contributed by atoms with Crippen molar-refractivity contribution in [1.82, 2.24) is 10.4 Å². The molecule has 2 aromatic carbocycles. The van der Waals surface area contributed by atoms with Crippen molar-refractivity contribution in [2.75, 3.05) is 6.54 Å². The molecule has 0 aliphatic rings. The Morgan fingerprint density at radius 3 is 2.16 bits per heavy atom. The van der Waals surface area contributed by atoms with Crippen molar-refractivity contribution < 1.29 is 24.7 Å². The maximum Gasteiger partial charge on any atom is 0.326 e. The van der Waals surface area contributed by atoms with Gasteiger partial charge in [0.05, 0.1) is 12.5 Å². The standard InChI is InChI=1S/C25H32N2O5/c1-25(2,3)22(24(30)31)26-23(29)21(16-27(32)17-28)11-7-8-18-12-14-20(15-13-18)19-9-5-4-6-10-19/h4-6,9-10,12-15,17,21-22,32H,7-8,11,16H2,1-3H3,(H,26,29)(H,30,31)/t21?,22-/m1/s1. The molecule has 32 heavy (non-hydrogen) atoms. The zero-order chi connectivity index (χ0) is 23.7. The van der Waals surface area contributed by atoms with Gasteiger partial charge in [-0.3, -0.25) is 14.8 Å². The Morgan fingerprint density at radius 1 is 1.03 bits per heavy atom. The minimum absolute atomic E-state index is 0.196. The summed E-state index contributed by atoms with van der Waals surface area (Å²) in [6.07, 6.45) is 1.99. The Hall–Kier alpha value is -3.19. The third-order valence-corrected chi connectivity index (χ3v) is 5.38. The summed E-state index contributed by atoms with van der Waals surface area (Å²) in [6, 6.07) is 17.2. The summed E-state index contributed by atoms with van der Waals surface area (Å²) in [6.45, 7) is 4.98. The topological polar surface area (TPSA) is 107 Å². The molecule has 2 atom stereocenters. The number of hydroxylamine groups is 2. The molecule has 0 saturated carbocycles. The number of benzene rings is 2. The zero-order valence-electron chi connectivity index (χ0n) is 18.8. The summed E-state index contributed by atoms with van der Waals surface area (Å²) in [4.78, 5) is 35.2. The summed E-state index contributed by atoms with van der Waals surface area (Å²) in [5.74, 6) is -2.34. The maximum atomic E-state index is 12.8. The first kappa shape index (κ1) is 25.1. The highest BCUT2D eigenvalue weighted by Gasteiger charge is 2.34. The second-order valence-electron chi connectivity index (χ2n) is 9.03. The molecule has 7 heteroatoms. The van der Waals surface area contributed by atoms with Crippen molar-refractivity contribution in [3.63, 3.8) is 0 Å². The molecular formula is C25H32N2O5. The van der Waals surface area contributed by atoms with Crippen LogP contribution in [0.2, 0.25) is 0 Å². The van der Waals surface area contributed by atoms with Crippen LogP contribution in [0.25, 0.3) is 11.1 Å². The molecule has 0 aromatic heterocycles. The number of hydrogen-bond donors (Lipinski definition) is 3. The molecule has 1 unspecified atom stereocenters. The van der Waals surface area contributed by atoms with Crippen LogP contribution in [0, 0.1) is 11.3 Å². The van der Waals surface area contributed by atoms with Crippen molar-refractivity contribution in [2.45, 2.75) is 46.1 Å². The van der Waals surface area contributed by atoms with E-state index in [-0.39, 0.29) is 13.0 Å². The van der Waals surface area contributed by atoms with E-state index in [1.165, 1.54) is 0 Å². The van der Waals surface area contributed by atoms with Crippen LogP contribution in [0.3, 0.4) is 0 Å². The molecule has 0 heterocycles. The molecule has 0 fully saturated rings. The average Bonchev–Trinajstić information content (AvgIpc) is 2.76. The van der Waals surface area contributed by atoms with Crippen LogP contribution in [-0.4, -0.2) is 46.3 Å². The fraction of sp³-hybridized carbons (Fsp3) is 0.400. The van der Waals surface area contributed by atoms with Gasteiger partial charge in [0.2, 0.25) is 12.3 Å². The Labute approximate surface area is 189 Å². The Morgan fingerprint density at radius 2 is 1.62 bits per heavy atom. The van der Waals surface area contributed by atoms with Gasteiger partial charge in [0.15, 0.2) is 0 Å². The summed E-state index contributed by atoms with van der Waals surface area (Å²) >= 11 is 0. The van der Waals surface area contributed by atoms with E-state index < -0.39 is 29.3 Å². The van der Waals surface area contributed by atoms with Crippen LogP contribution >= 0.6 is 0 Å². The minimum atomic E-state index is -1.13. The van der Waals surface area contributed by atoms with Crippen LogP contribution in [0.15, 0.2) is 54.6 Å². The van der Waals surface area contributed by atoms with E-state index in [0.29, 0.717) is 24.3 Å². The van der Waals surface area contributed by atoms with Gasteiger partial charge in [-0.25, -0.2) is 9.86 Å². The lowest BCUT2D eigenvalue weighted by molar-refractivity contribution is -0.156. The van der Waals surface area contributed by atoms with Crippen LogP contribution in [0.4, 0.5) is 0 Å². The van der Waals surface area contributed by atoms with Gasteiger partial charge in [-0.05, 0) is 41.4 Å². The van der Waals surface area contributed by atoms with Gasteiger partial charge in [-0.1, -0.05) is 75.4 Å². The number of carboxylic acid groups (broad SMARTS) is 1. The Kier molecular flexibility index (Phi) is 8.96. The number of rotatable bonds is 11. The maximum absolute atomic E-state index is 12.8. The fourth-order valence-corrected chi connectivity index (χ4v) is 3.53. The molecule has 0 saturated heterocycles. The van der Waals surface area contributed by atoms with Crippen molar-refractivity contribution >= 4 is 18.3 Å². The third-order valence-electron chi connectivity index (χ3n) is 5.38. The van der Waals surface area contributed by atoms with Gasteiger partial charge in [-0.15, -0.1) is 0 Å². The number of carbonyl (C=O) groups excluding carboxylic acids is 2. The van der Waals surface area contributed by atoms with Crippen molar-refractivity contribution in [1.29, 1.82) is 0 Å². The van der Waals surface area contributed by atoms with Crippen molar-refractivity contribution in [3.8, 4) is 11.1 Å². The third kappa shape index (κ3) is 7.50. The zero-order valence-corrected chi connectivity index (χ0v) is 18.8. The van der Waals surface area contributed by atoms with Gasteiger partial charge < -0.3 is 10.4 Å². The summed E-state index contributed by atoms with van der Waals surface area (Å²) < 4.78 is 0. The number of carboxylic acids is 1. The van der Waals surface area contributed by atoms with Gasteiger partial charge in [0, 0.05) is 0 Å². The Balaban J connectivity index is 2.00. The fourth-order valence-electron chi connectivity index (χ4n) is 3.53. The highest BCUT2D eigenvalue weighted by Crippen LogP contribution is 2.22. The molecule has 0 aliphatic carbocycles. The largest absolute Gasteiger partial charge is 0.480 e. The van der Waals surface area contributed by atoms with Gasteiger partial charge in [-0.2, -0.15) is 0 Å². The number of hydrogen-bond acceptors (Lipinski definition) is 4. The van der Waals surface area contributed by atoms with Gasteiger partial charge in [0.1, 0.15) is 6.04 Å². The molecule has 2 amide bonds. The number of nitrogens with zero attached hydrogens (tertiary/aromatic N) is 1. The number of aliphatic carboxylic acids is 1. The van der Waals surface area contributed by atoms with Gasteiger partial charge >= 0.3 is 5.97 Å². The van der Waals surface area contributed by atoms with Crippen LogP contribution < -0.4 is 5.32 Å². The predicted molar refractivity (Wildman–Crippen MR) is 122 cm³/mol. The quantitative estimate of drug-likeness (QED) is 0.280. The smallest absolute Gasteiger partial charge is 0.326 e. The minimum Gasteiger partial charge on any atom is -0.480 e. The number of carbonyl (C=O) groups is 3. The molecule has 3 N–H and O–H groups in total. The molecule has 0 spiro atoms. The van der Waals surface area contributed by atoms with Crippen molar-refractivity contribution in [2.24, 2.45) is 11.3 Å². The van der Waals surface area contributed by atoms with Gasteiger partial charge in [0.25, 0.3) is 0 Å². The average molecular weight is 441 g/mol. The second kappa shape index (κ2) is 11.4. The molecule has 0 aliphatic heterocycles. The molecule has 2 rings (SSSR count). The summed E-state index contributed by atoms with van der Waals surface area (Å²) in [5.41, 5.74) is 2.68. The van der Waals surface area contributed by atoms with E-state index in [2.05, 4.69) is 17.4 Å². The summed E-state index contributed by atoms with van der Waals surface area (Å²) in [5, 5.41) is 22.1.